The van der Waals surface area contributed by atoms with E-state index in [-0.39, 0.29) is 6.03 Å². The van der Waals surface area contributed by atoms with Gasteiger partial charge in [-0.1, -0.05) is 6.92 Å². The number of hydrogen-bond donors (Lipinski definition) is 1. The Hall–Kier alpha value is -1.08. The fraction of sp³-hybridized carbons (Fsp3) is 0.571. The fourth-order valence-electron chi connectivity index (χ4n) is 2.59. The van der Waals surface area contributed by atoms with E-state index in [0.717, 1.165) is 15.8 Å². The predicted octanol–water partition coefficient (Wildman–Crippen LogP) is 3.25. The Morgan fingerprint density at radius 1 is 1.57 bits per heavy atom. The standard InChI is InChI=1S/C14H19BrN2O3S/c1-9-3-4-17(11(5-9)13(18)19)14(20)16(2)7-10-6-12(15)21-8-10/h6,8-9,11H,3-5,7H2,1-2H3,(H,18,19). The number of piperidine rings is 1. The van der Waals surface area contributed by atoms with Gasteiger partial charge in [-0.05, 0) is 51.7 Å². The van der Waals surface area contributed by atoms with E-state index in [1.807, 2.05) is 18.4 Å². The van der Waals surface area contributed by atoms with Crippen LogP contribution in [0.4, 0.5) is 4.79 Å². The van der Waals surface area contributed by atoms with Crippen LogP contribution in [0.1, 0.15) is 25.3 Å². The maximum Gasteiger partial charge on any atom is 0.326 e. The Balaban J connectivity index is 2.04. The topological polar surface area (TPSA) is 60.9 Å². The molecule has 2 amide bonds. The lowest BCUT2D eigenvalue weighted by atomic mass is 9.92. The highest BCUT2D eigenvalue weighted by Gasteiger charge is 2.35. The number of carboxylic acids is 1. The molecule has 0 radical (unpaired) electrons. The summed E-state index contributed by atoms with van der Waals surface area (Å²) in [6.07, 6.45) is 1.38. The lowest BCUT2D eigenvalue weighted by molar-refractivity contribution is -0.144. The zero-order valence-corrected chi connectivity index (χ0v) is 14.5. The second-order valence-electron chi connectivity index (χ2n) is 5.57. The van der Waals surface area contributed by atoms with Crippen molar-refractivity contribution in [1.82, 2.24) is 9.80 Å². The molecule has 0 saturated carbocycles. The van der Waals surface area contributed by atoms with Gasteiger partial charge < -0.3 is 14.9 Å². The molecule has 1 aromatic rings. The molecule has 1 aliphatic heterocycles. The molecule has 1 N–H and O–H groups in total. The van der Waals surface area contributed by atoms with Gasteiger partial charge in [-0.2, -0.15) is 0 Å². The summed E-state index contributed by atoms with van der Waals surface area (Å²) in [5.41, 5.74) is 1.04. The first kappa shape index (κ1) is 16.3. The van der Waals surface area contributed by atoms with E-state index in [2.05, 4.69) is 15.9 Å². The number of carbonyl (C=O) groups is 2. The molecule has 2 heterocycles. The predicted molar refractivity (Wildman–Crippen MR) is 85.4 cm³/mol. The largest absolute Gasteiger partial charge is 0.480 e. The molecule has 21 heavy (non-hydrogen) atoms. The van der Waals surface area contributed by atoms with Crippen LogP contribution >= 0.6 is 27.3 Å². The normalized spacial score (nSPS) is 22.1. The molecule has 5 nitrogen and oxygen atoms in total. The van der Waals surface area contributed by atoms with Crippen molar-refractivity contribution in [2.45, 2.75) is 32.4 Å². The van der Waals surface area contributed by atoms with Gasteiger partial charge in [0.25, 0.3) is 0 Å². The van der Waals surface area contributed by atoms with Gasteiger partial charge in [0.2, 0.25) is 0 Å². The molecule has 1 fully saturated rings. The molecule has 0 aliphatic carbocycles. The molecule has 0 spiro atoms. The second-order valence-corrected chi connectivity index (χ2v) is 7.87. The molecular formula is C14H19BrN2O3S. The van der Waals surface area contributed by atoms with Crippen molar-refractivity contribution in [3.8, 4) is 0 Å². The summed E-state index contributed by atoms with van der Waals surface area (Å²) in [5.74, 6) is -0.574. The zero-order valence-electron chi connectivity index (χ0n) is 12.1. The van der Waals surface area contributed by atoms with Gasteiger partial charge in [-0.25, -0.2) is 9.59 Å². The Morgan fingerprint density at radius 2 is 2.29 bits per heavy atom. The van der Waals surface area contributed by atoms with Crippen LogP contribution in [0.25, 0.3) is 0 Å². The van der Waals surface area contributed by atoms with E-state index in [9.17, 15) is 14.7 Å². The van der Waals surface area contributed by atoms with E-state index in [1.165, 1.54) is 4.90 Å². The van der Waals surface area contributed by atoms with Gasteiger partial charge in [-0.15, -0.1) is 11.3 Å². The first-order chi connectivity index (χ1) is 9.88. The van der Waals surface area contributed by atoms with Gasteiger partial charge in [-0.3, -0.25) is 0 Å². The highest BCUT2D eigenvalue weighted by Crippen LogP contribution is 2.25. The lowest BCUT2D eigenvalue weighted by Crippen LogP contribution is -2.53. The summed E-state index contributed by atoms with van der Waals surface area (Å²) in [7, 11) is 1.71. The smallest absolute Gasteiger partial charge is 0.326 e. The van der Waals surface area contributed by atoms with Crippen LogP contribution in [-0.2, 0) is 11.3 Å². The molecule has 0 aromatic carbocycles. The minimum absolute atomic E-state index is 0.211. The van der Waals surface area contributed by atoms with E-state index >= 15 is 0 Å². The first-order valence-electron chi connectivity index (χ1n) is 6.86. The maximum atomic E-state index is 12.5. The van der Waals surface area contributed by atoms with E-state index < -0.39 is 12.0 Å². The Labute approximate surface area is 136 Å². The number of hydrogen-bond acceptors (Lipinski definition) is 3. The molecule has 2 rings (SSSR count). The molecule has 1 aromatic heterocycles. The number of thiophene rings is 1. The zero-order chi connectivity index (χ0) is 15.6. The molecule has 7 heteroatoms. The Bertz CT molecular complexity index is 534. The summed E-state index contributed by atoms with van der Waals surface area (Å²) < 4.78 is 1.02. The molecule has 2 atom stereocenters. The fourth-order valence-corrected chi connectivity index (χ4v) is 3.79. The van der Waals surface area contributed by atoms with E-state index in [4.69, 9.17) is 0 Å². The van der Waals surface area contributed by atoms with Crippen LogP contribution in [0.15, 0.2) is 15.2 Å². The molecular weight excluding hydrogens is 356 g/mol. The SMILES string of the molecule is CC1CCN(C(=O)N(C)Cc2csc(Br)c2)C(C(=O)O)C1. The molecule has 0 bridgehead atoms. The summed E-state index contributed by atoms with van der Waals surface area (Å²) in [6.45, 7) is 3.03. The van der Waals surface area contributed by atoms with Crippen LogP contribution in [0.3, 0.4) is 0 Å². The van der Waals surface area contributed by atoms with Crippen molar-refractivity contribution in [1.29, 1.82) is 0 Å². The van der Waals surface area contributed by atoms with Crippen LogP contribution in [0.5, 0.6) is 0 Å². The van der Waals surface area contributed by atoms with Gasteiger partial charge in [0.1, 0.15) is 6.04 Å². The number of amides is 2. The van der Waals surface area contributed by atoms with Gasteiger partial charge in [0, 0.05) is 20.1 Å². The minimum atomic E-state index is -0.915. The Kier molecular flexibility index (Phi) is 5.27. The molecule has 2 unspecified atom stereocenters. The van der Waals surface area contributed by atoms with E-state index in [1.54, 1.807) is 23.3 Å². The minimum Gasteiger partial charge on any atom is -0.480 e. The third kappa shape index (κ3) is 3.97. The van der Waals surface area contributed by atoms with Gasteiger partial charge >= 0.3 is 12.0 Å². The lowest BCUT2D eigenvalue weighted by Gasteiger charge is -2.38. The van der Waals surface area contributed by atoms with Crippen molar-refractivity contribution >= 4 is 39.3 Å². The van der Waals surface area contributed by atoms with Crippen LogP contribution in [0.2, 0.25) is 0 Å². The summed E-state index contributed by atoms with van der Waals surface area (Å²) in [4.78, 5) is 27.0. The average Bonchev–Trinajstić information content (AvgIpc) is 2.83. The Morgan fingerprint density at radius 3 is 2.86 bits per heavy atom. The number of likely N-dealkylation sites (tertiary alicyclic amines) is 1. The van der Waals surface area contributed by atoms with Crippen LogP contribution < -0.4 is 0 Å². The number of carboxylic acid groups (broad SMARTS) is 1. The van der Waals surface area contributed by atoms with Gasteiger partial charge in [0.05, 0.1) is 3.79 Å². The first-order valence-corrected chi connectivity index (χ1v) is 8.53. The molecule has 116 valence electrons. The third-order valence-corrected chi connectivity index (χ3v) is 5.32. The summed E-state index contributed by atoms with van der Waals surface area (Å²) in [5, 5.41) is 11.3. The maximum absolute atomic E-state index is 12.5. The number of nitrogens with zero attached hydrogens (tertiary/aromatic N) is 2. The van der Waals surface area contributed by atoms with Gasteiger partial charge in [0.15, 0.2) is 0 Å². The molecule has 1 saturated heterocycles. The third-order valence-electron chi connectivity index (χ3n) is 3.76. The number of halogens is 1. The summed E-state index contributed by atoms with van der Waals surface area (Å²) in [6, 6.07) is 1.05. The highest BCUT2D eigenvalue weighted by atomic mass is 79.9. The van der Waals surface area contributed by atoms with Crippen molar-refractivity contribution in [2.75, 3.05) is 13.6 Å². The number of aliphatic carboxylic acids is 1. The van der Waals surface area contributed by atoms with Crippen LogP contribution in [-0.4, -0.2) is 46.5 Å². The van der Waals surface area contributed by atoms with Crippen LogP contribution in [0, 0.1) is 5.92 Å². The van der Waals surface area contributed by atoms with Crippen molar-refractivity contribution in [3.63, 3.8) is 0 Å². The summed E-state index contributed by atoms with van der Waals surface area (Å²) >= 11 is 4.97. The monoisotopic (exact) mass is 374 g/mol. The average molecular weight is 375 g/mol. The number of carbonyl (C=O) groups excluding carboxylic acids is 1. The highest BCUT2D eigenvalue weighted by molar-refractivity contribution is 9.11. The number of rotatable bonds is 3. The van der Waals surface area contributed by atoms with Crippen molar-refractivity contribution < 1.29 is 14.7 Å². The van der Waals surface area contributed by atoms with E-state index in [0.29, 0.717) is 25.4 Å². The molecule has 1 aliphatic rings. The van der Waals surface area contributed by atoms with Crippen molar-refractivity contribution in [3.05, 3.63) is 20.8 Å². The number of urea groups is 1. The quantitative estimate of drug-likeness (QED) is 0.882. The second kappa shape index (κ2) is 6.79. The van der Waals surface area contributed by atoms with Crippen molar-refractivity contribution in [2.24, 2.45) is 5.92 Å².